The van der Waals surface area contributed by atoms with Gasteiger partial charge in [0.1, 0.15) is 17.2 Å². The van der Waals surface area contributed by atoms with Crippen LogP contribution in [0.1, 0.15) is 18.9 Å². The minimum absolute atomic E-state index is 0.542. The minimum Gasteiger partial charge on any atom is -0.383 e. The van der Waals surface area contributed by atoms with Gasteiger partial charge in [-0.2, -0.15) is 0 Å². The zero-order valence-corrected chi connectivity index (χ0v) is 10.3. The Kier molecular flexibility index (Phi) is 3.87. The van der Waals surface area contributed by atoms with E-state index in [4.69, 9.17) is 5.73 Å². The number of nitrogens with zero attached hydrogens (tertiary/aromatic N) is 4. The van der Waals surface area contributed by atoms with Crippen LogP contribution < -0.4 is 5.73 Å². The normalized spacial score (nSPS) is 10.4. The van der Waals surface area contributed by atoms with Gasteiger partial charge in [0.25, 0.3) is 0 Å². The molecule has 6 heteroatoms. The molecular weight excluding hydrogens is 234 g/mol. The summed E-state index contributed by atoms with van der Waals surface area (Å²) in [6, 6.07) is 1.78. The highest BCUT2D eigenvalue weighted by molar-refractivity contribution is 7.99. The molecule has 2 N–H and O–H groups in total. The summed E-state index contributed by atoms with van der Waals surface area (Å²) in [5.74, 6) is 0.542. The summed E-state index contributed by atoms with van der Waals surface area (Å²) in [5, 5.41) is 1.51. The van der Waals surface area contributed by atoms with Gasteiger partial charge in [-0.15, -0.1) is 0 Å². The van der Waals surface area contributed by atoms with Crippen molar-refractivity contribution in [3.8, 4) is 0 Å². The molecule has 0 aliphatic carbocycles. The highest BCUT2D eigenvalue weighted by Crippen LogP contribution is 2.28. The van der Waals surface area contributed by atoms with Gasteiger partial charge in [0.2, 0.25) is 0 Å². The topological polar surface area (TPSA) is 77.6 Å². The molecule has 5 nitrogen and oxygen atoms in total. The van der Waals surface area contributed by atoms with Crippen molar-refractivity contribution in [3.63, 3.8) is 0 Å². The molecule has 2 heterocycles. The number of nitrogens with two attached hydrogens (primary N) is 1. The Morgan fingerprint density at radius 2 is 1.94 bits per heavy atom. The first-order chi connectivity index (χ1) is 8.31. The lowest BCUT2D eigenvalue weighted by Gasteiger charge is -2.07. The number of aromatic nitrogens is 4. The lowest BCUT2D eigenvalue weighted by molar-refractivity contribution is 0.857. The third-order valence-electron chi connectivity index (χ3n) is 2.17. The van der Waals surface area contributed by atoms with Crippen molar-refractivity contribution in [2.75, 3.05) is 5.73 Å². The van der Waals surface area contributed by atoms with Crippen LogP contribution >= 0.6 is 11.8 Å². The first-order valence-electron chi connectivity index (χ1n) is 5.35. The molecule has 2 rings (SSSR count). The van der Waals surface area contributed by atoms with Crippen molar-refractivity contribution in [2.24, 2.45) is 0 Å². The second-order valence-electron chi connectivity index (χ2n) is 3.43. The highest BCUT2D eigenvalue weighted by atomic mass is 32.2. The van der Waals surface area contributed by atoms with Crippen LogP contribution in [0.25, 0.3) is 0 Å². The molecule has 17 heavy (non-hydrogen) atoms. The van der Waals surface area contributed by atoms with E-state index in [0.29, 0.717) is 11.0 Å². The quantitative estimate of drug-likeness (QED) is 0.657. The monoisotopic (exact) mass is 247 g/mol. The Morgan fingerprint density at radius 3 is 2.65 bits per heavy atom. The molecule has 0 spiro atoms. The lowest BCUT2D eigenvalue weighted by atomic mass is 10.2. The Labute approximate surface area is 104 Å². The molecule has 0 unspecified atom stereocenters. The van der Waals surface area contributed by atoms with Gasteiger partial charge in [0, 0.05) is 18.0 Å². The van der Waals surface area contributed by atoms with E-state index in [1.165, 1.54) is 18.1 Å². The van der Waals surface area contributed by atoms with E-state index >= 15 is 0 Å². The maximum atomic E-state index is 5.86. The van der Waals surface area contributed by atoms with E-state index < -0.39 is 0 Å². The van der Waals surface area contributed by atoms with Gasteiger partial charge >= 0.3 is 0 Å². The number of hydrogen-bond donors (Lipinski definition) is 1. The van der Waals surface area contributed by atoms with Gasteiger partial charge in [-0.05, 0) is 24.2 Å². The molecule has 2 aromatic rings. The maximum Gasteiger partial charge on any atom is 0.193 e. The Morgan fingerprint density at radius 1 is 1.18 bits per heavy atom. The predicted octanol–water partition coefficient (Wildman–Crippen LogP) is 1.95. The van der Waals surface area contributed by atoms with Crippen LogP contribution in [0.5, 0.6) is 0 Å². The molecule has 0 radical (unpaired) electrons. The predicted molar refractivity (Wildman–Crippen MR) is 66.6 cm³/mol. The Hall–Kier alpha value is -1.69. The van der Waals surface area contributed by atoms with E-state index in [2.05, 4.69) is 26.9 Å². The third-order valence-corrected chi connectivity index (χ3v) is 3.11. The van der Waals surface area contributed by atoms with Crippen molar-refractivity contribution in [1.29, 1.82) is 0 Å². The fraction of sp³-hybridized carbons (Fsp3) is 0.273. The average Bonchev–Trinajstić information content (AvgIpc) is 2.35. The summed E-state index contributed by atoms with van der Waals surface area (Å²) < 4.78 is 0. The number of nitrogen functional groups attached to an aromatic ring is 1. The Balaban J connectivity index is 2.29. The van der Waals surface area contributed by atoms with Crippen LogP contribution in [-0.2, 0) is 6.42 Å². The summed E-state index contributed by atoms with van der Waals surface area (Å²) in [5.41, 5.74) is 6.83. The molecule has 0 saturated heterocycles. The Bertz CT molecular complexity index is 488. The second-order valence-corrected chi connectivity index (χ2v) is 4.38. The summed E-state index contributed by atoms with van der Waals surface area (Å²) in [7, 11) is 0. The van der Waals surface area contributed by atoms with Crippen molar-refractivity contribution in [1.82, 2.24) is 19.9 Å². The van der Waals surface area contributed by atoms with Crippen molar-refractivity contribution < 1.29 is 0 Å². The molecule has 0 aromatic carbocycles. The zero-order valence-electron chi connectivity index (χ0n) is 9.50. The van der Waals surface area contributed by atoms with Crippen molar-refractivity contribution in [2.45, 2.75) is 29.9 Å². The van der Waals surface area contributed by atoms with Gasteiger partial charge in [0.15, 0.2) is 5.16 Å². The largest absolute Gasteiger partial charge is 0.383 e. The number of hydrogen-bond acceptors (Lipinski definition) is 6. The SMILES string of the molecule is CCCc1c(N)ncnc1Sc1ncccn1. The minimum atomic E-state index is 0.542. The standard InChI is InChI=1S/C11H13N5S/c1-2-4-8-9(12)15-7-16-10(8)17-11-13-5-3-6-14-11/h3,5-7H,2,4H2,1H3,(H2,12,15,16). The van der Waals surface area contributed by atoms with Gasteiger partial charge in [-0.3, -0.25) is 0 Å². The lowest BCUT2D eigenvalue weighted by Crippen LogP contribution is -2.02. The molecule has 0 saturated carbocycles. The second kappa shape index (κ2) is 5.58. The van der Waals surface area contributed by atoms with Crippen LogP contribution in [-0.4, -0.2) is 19.9 Å². The number of anilines is 1. The van der Waals surface area contributed by atoms with Gasteiger partial charge in [-0.25, -0.2) is 19.9 Å². The molecule has 0 bridgehead atoms. The van der Waals surface area contributed by atoms with Gasteiger partial charge in [0.05, 0.1) is 0 Å². The van der Waals surface area contributed by atoms with Crippen LogP contribution in [0, 0.1) is 0 Å². The summed E-state index contributed by atoms with van der Waals surface area (Å²) in [6.07, 6.45) is 6.75. The van der Waals surface area contributed by atoms with Gasteiger partial charge in [-0.1, -0.05) is 13.3 Å². The molecule has 0 atom stereocenters. The average molecular weight is 247 g/mol. The van der Waals surface area contributed by atoms with E-state index in [1.807, 2.05) is 0 Å². The fourth-order valence-corrected chi connectivity index (χ4v) is 2.24. The van der Waals surface area contributed by atoms with E-state index in [9.17, 15) is 0 Å². The summed E-state index contributed by atoms with van der Waals surface area (Å²) in [6.45, 7) is 2.10. The summed E-state index contributed by atoms with van der Waals surface area (Å²) >= 11 is 1.41. The molecule has 2 aromatic heterocycles. The zero-order chi connectivity index (χ0) is 12.1. The molecular formula is C11H13N5S. The first-order valence-corrected chi connectivity index (χ1v) is 6.17. The maximum absolute atomic E-state index is 5.86. The van der Waals surface area contributed by atoms with E-state index in [0.717, 1.165) is 23.4 Å². The van der Waals surface area contributed by atoms with Gasteiger partial charge < -0.3 is 5.73 Å². The third kappa shape index (κ3) is 2.91. The van der Waals surface area contributed by atoms with Crippen molar-refractivity contribution in [3.05, 3.63) is 30.4 Å². The van der Waals surface area contributed by atoms with Crippen LogP contribution in [0.2, 0.25) is 0 Å². The fourth-order valence-electron chi connectivity index (χ4n) is 1.41. The molecule has 88 valence electrons. The number of rotatable bonds is 4. The molecule has 0 aliphatic rings. The first kappa shape index (κ1) is 11.8. The van der Waals surface area contributed by atoms with Crippen LogP contribution in [0.3, 0.4) is 0 Å². The van der Waals surface area contributed by atoms with E-state index in [1.54, 1.807) is 18.5 Å². The summed E-state index contributed by atoms with van der Waals surface area (Å²) in [4.78, 5) is 16.6. The smallest absolute Gasteiger partial charge is 0.193 e. The van der Waals surface area contributed by atoms with Crippen LogP contribution in [0.15, 0.2) is 35.0 Å². The molecule has 0 amide bonds. The van der Waals surface area contributed by atoms with Crippen molar-refractivity contribution >= 4 is 17.6 Å². The highest BCUT2D eigenvalue weighted by Gasteiger charge is 2.10. The molecule has 0 fully saturated rings. The molecule has 0 aliphatic heterocycles. The van der Waals surface area contributed by atoms with E-state index in [-0.39, 0.29) is 0 Å². The van der Waals surface area contributed by atoms with Crippen LogP contribution in [0.4, 0.5) is 5.82 Å².